The lowest BCUT2D eigenvalue weighted by Crippen LogP contribution is -2.27. The van der Waals surface area contributed by atoms with Gasteiger partial charge in [-0.15, -0.1) is 6.58 Å². The summed E-state index contributed by atoms with van der Waals surface area (Å²) in [4.78, 5) is 18.9. The molecule has 0 aliphatic carbocycles. The zero-order chi connectivity index (χ0) is 19.5. The van der Waals surface area contributed by atoms with Crippen molar-refractivity contribution in [1.82, 2.24) is 19.7 Å². The van der Waals surface area contributed by atoms with E-state index in [9.17, 15) is 4.79 Å². The Kier molecular flexibility index (Phi) is 5.18. The van der Waals surface area contributed by atoms with Crippen LogP contribution in [0.1, 0.15) is 5.56 Å². The van der Waals surface area contributed by atoms with Crippen LogP contribution < -0.4 is 0 Å². The molecule has 5 nitrogen and oxygen atoms in total. The number of hydrogen-bond donors (Lipinski definition) is 0. The number of para-hydroxylation sites is 1. The van der Waals surface area contributed by atoms with E-state index in [1.807, 2.05) is 59.4 Å². The minimum Gasteiger partial charge on any atom is -0.289 e. The van der Waals surface area contributed by atoms with Crippen LogP contribution in [0.2, 0.25) is 0 Å². The van der Waals surface area contributed by atoms with Crippen molar-refractivity contribution >= 4 is 40.3 Å². The fraction of sp³-hybridized carbons (Fsp3) is 0.0476. The number of nitrogens with zero attached hydrogens (tertiary/aromatic N) is 4. The van der Waals surface area contributed by atoms with Crippen molar-refractivity contribution in [2.24, 2.45) is 0 Å². The van der Waals surface area contributed by atoms with Crippen LogP contribution in [0.25, 0.3) is 23.0 Å². The molecule has 0 N–H and O–H groups in total. The molecule has 1 fully saturated rings. The Morgan fingerprint density at radius 1 is 1.14 bits per heavy atom. The molecule has 3 aromatic rings. The number of carbonyl (C=O) groups is 1. The van der Waals surface area contributed by atoms with Crippen molar-refractivity contribution < 1.29 is 4.79 Å². The molecule has 7 heteroatoms. The Morgan fingerprint density at radius 2 is 1.89 bits per heavy atom. The molecule has 0 radical (unpaired) electrons. The van der Waals surface area contributed by atoms with E-state index in [2.05, 4.69) is 11.6 Å². The molecule has 0 unspecified atom stereocenters. The number of amides is 1. The fourth-order valence-corrected chi connectivity index (χ4v) is 4.13. The monoisotopic (exact) mass is 404 g/mol. The number of thioether (sulfide) groups is 1. The Hall–Kier alpha value is -3.03. The molecule has 1 aliphatic rings. The summed E-state index contributed by atoms with van der Waals surface area (Å²) in [5, 5.41) is 4.75. The Morgan fingerprint density at radius 3 is 2.61 bits per heavy atom. The summed E-state index contributed by atoms with van der Waals surface area (Å²) in [5.41, 5.74) is 3.49. The van der Waals surface area contributed by atoms with Crippen LogP contribution in [0.5, 0.6) is 0 Å². The SMILES string of the molecule is C=CCN1C(=O)C(=Cc2cn(-c3ccccc3)nc2-c2ccncc2)SC1=S. The predicted octanol–water partition coefficient (Wildman–Crippen LogP) is 4.32. The first-order valence-corrected chi connectivity index (χ1v) is 9.81. The second kappa shape index (κ2) is 7.92. The van der Waals surface area contributed by atoms with E-state index in [4.69, 9.17) is 17.3 Å². The minimum atomic E-state index is -0.108. The highest BCUT2D eigenvalue weighted by molar-refractivity contribution is 8.26. The molecule has 2 aromatic heterocycles. The van der Waals surface area contributed by atoms with E-state index in [0.29, 0.717) is 15.8 Å². The third-order valence-corrected chi connectivity index (χ3v) is 5.57. The first kappa shape index (κ1) is 18.3. The summed E-state index contributed by atoms with van der Waals surface area (Å²) in [6.45, 7) is 4.10. The quantitative estimate of drug-likeness (QED) is 0.360. The number of rotatable bonds is 5. The van der Waals surface area contributed by atoms with Gasteiger partial charge in [0.1, 0.15) is 10.0 Å². The van der Waals surface area contributed by atoms with Crippen LogP contribution in [-0.2, 0) is 4.79 Å². The average Bonchev–Trinajstić information content (AvgIpc) is 3.26. The maximum Gasteiger partial charge on any atom is 0.266 e. The van der Waals surface area contributed by atoms with Crippen molar-refractivity contribution in [3.05, 3.63) is 84.2 Å². The zero-order valence-corrected chi connectivity index (χ0v) is 16.5. The summed E-state index contributed by atoms with van der Waals surface area (Å²) in [5.74, 6) is -0.108. The molecule has 138 valence electrons. The molecule has 4 rings (SSSR count). The highest BCUT2D eigenvalue weighted by Gasteiger charge is 2.31. The van der Waals surface area contributed by atoms with E-state index in [1.165, 1.54) is 11.8 Å². The molecule has 0 bridgehead atoms. The molecular weight excluding hydrogens is 388 g/mol. The van der Waals surface area contributed by atoms with E-state index in [1.54, 1.807) is 23.4 Å². The maximum absolute atomic E-state index is 12.7. The lowest BCUT2D eigenvalue weighted by molar-refractivity contribution is -0.121. The minimum absolute atomic E-state index is 0.108. The second-order valence-electron chi connectivity index (χ2n) is 6.03. The van der Waals surface area contributed by atoms with Crippen molar-refractivity contribution in [1.29, 1.82) is 0 Å². The molecule has 1 amide bonds. The van der Waals surface area contributed by atoms with Crippen molar-refractivity contribution in [2.75, 3.05) is 6.54 Å². The Labute approximate surface area is 172 Å². The van der Waals surface area contributed by atoms with Crippen molar-refractivity contribution in [3.63, 3.8) is 0 Å². The van der Waals surface area contributed by atoms with Crippen LogP contribution in [0.4, 0.5) is 0 Å². The normalized spacial score (nSPS) is 15.4. The van der Waals surface area contributed by atoms with E-state index in [0.717, 1.165) is 22.5 Å². The summed E-state index contributed by atoms with van der Waals surface area (Å²) in [6, 6.07) is 13.7. The first-order valence-electron chi connectivity index (χ1n) is 8.59. The van der Waals surface area contributed by atoms with Gasteiger partial charge in [-0.1, -0.05) is 48.3 Å². The summed E-state index contributed by atoms with van der Waals surface area (Å²) >= 11 is 6.63. The topological polar surface area (TPSA) is 51.0 Å². The molecule has 1 aromatic carbocycles. The second-order valence-corrected chi connectivity index (χ2v) is 7.71. The van der Waals surface area contributed by atoms with Gasteiger partial charge in [0, 0.05) is 36.3 Å². The lowest BCUT2D eigenvalue weighted by Gasteiger charge is -2.10. The molecule has 1 saturated heterocycles. The Bertz CT molecular complexity index is 1070. The summed E-state index contributed by atoms with van der Waals surface area (Å²) in [6.07, 6.45) is 8.90. The van der Waals surface area contributed by atoms with Gasteiger partial charge in [-0.05, 0) is 30.3 Å². The number of carbonyl (C=O) groups excluding carboxylic acids is 1. The van der Waals surface area contributed by atoms with Crippen LogP contribution in [-0.4, -0.2) is 36.4 Å². The van der Waals surface area contributed by atoms with E-state index >= 15 is 0 Å². The smallest absolute Gasteiger partial charge is 0.266 e. The molecule has 0 atom stereocenters. The van der Waals surface area contributed by atoms with Crippen molar-refractivity contribution in [3.8, 4) is 16.9 Å². The number of benzene rings is 1. The van der Waals surface area contributed by atoms with Gasteiger partial charge in [-0.2, -0.15) is 5.10 Å². The standard InChI is InChI=1S/C21H16N4OS2/c1-2-12-24-20(26)18(28-21(24)27)13-16-14-25(17-6-4-3-5-7-17)23-19(16)15-8-10-22-11-9-15/h2-11,13-14H,1,12H2. The van der Waals surface area contributed by atoms with Crippen molar-refractivity contribution in [2.45, 2.75) is 0 Å². The van der Waals surface area contributed by atoms with E-state index < -0.39 is 0 Å². The number of hydrogen-bond acceptors (Lipinski definition) is 5. The molecule has 0 spiro atoms. The van der Waals surface area contributed by atoms with Gasteiger partial charge in [0.25, 0.3) is 5.91 Å². The number of thiocarbonyl (C=S) groups is 1. The van der Waals surface area contributed by atoms with Gasteiger partial charge < -0.3 is 0 Å². The molecule has 3 heterocycles. The van der Waals surface area contributed by atoms with Gasteiger partial charge in [0.2, 0.25) is 0 Å². The largest absolute Gasteiger partial charge is 0.289 e. The van der Waals surface area contributed by atoms with Gasteiger partial charge >= 0.3 is 0 Å². The molecule has 0 saturated carbocycles. The van der Waals surface area contributed by atoms with Gasteiger partial charge in [0.15, 0.2) is 0 Å². The van der Waals surface area contributed by atoms with Gasteiger partial charge in [-0.3, -0.25) is 14.7 Å². The van der Waals surface area contributed by atoms with Crippen LogP contribution in [0, 0.1) is 0 Å². The van der Waals surface area contributed by atoms with Gasteiger partial charge in [0.05, 0.1) is 10.6 Å². The highest BCUT2D eigenvalue weighted by atomic mass is 32.2. The summed E-state index contributed by atoms with van der Waals surface area (Å²) < 4.78 is 2.35. The molecule has 1 aliphatic heterocycles. The lowest BCUT2D eigenvalue weighted by atomic mass is 10.1. The Balaban J connectivity index is 1.80. The zero-order valence-electron chi connectivity index (χ0n) is 14.9. The van der Waals surface area contributed by atoms with E-state index in [-0.39, 0.29) is 5.91 Å². The van der Waals surface area contributed by atoms with Crippen LogP contribution in [0.15, 0.2) is 78.6 Å². The number of pyridine rings is 1. The first-order chi connectivity index (χ1) is 13.7. The number of aromatic nitrogens is 3. The van der Waals surface area contributed by atoms with Crippen LogP contribution in [0.3, 0.4) is 0 Å². The average molecular weight is 405 g/mol. The maximum atomic E-state index is 12.7. The third kappa shape index (κ3) is 3.54. The highest BCUT2D eigenvalue weighted by Crippen LogP contribution is 2.34. The summed E-state index contributed by atoms with van der Waals surface area (Å²) in [7, 11) is 0. The third-order valence-electron chi connectivity index (χ3n) is 4.19. The predicted molar refractivity (Wildman–Crippen MR) is 117 cm³/mol. The van der Waals surface area contributed by atoms with Crippen LogP contribution >= 0.6 is 24.0 Å². The molecular formula is C21H16N4OS2. The molecule has 28 heavy (non-hydrogen) atoms. The van der Waals surface area contributed by atoms with Gasteiger partial charge in [-0.25, -0.2) is 4.68 Å². The fourth-order valence-electron chi connectivity index (χ4n) is 2.87.